The summed E-state index contributed by atoms with van der Waals surface area (Å²) in [5, 5.41) is 0. The molecule has 0 spiro atoms. The SMILES string of the molecule is CCOC1CC(N)(C(=O)N(C)Cc2ccccc2)C1(C)C. The van der Waals surface area contributed by atoms with Crippen molar-refractivity contribution in [2.45, 2.75) is 45.4 Å². The first-order valence-electron chi connectivity index (χ1n) is 7.53. The fourth-order valence-electron chi connectivity index (χ4n) is 3.07. The van der Waals surface area contributed by atoms with Crippen molar-refractivity contribution in [3.8, 4) is 0 Å². The lowest BCUT2D eigenvalue weighted by Gasteiger charge is -2.58. The van der Waals surface area contributed by atoms with Gasteiger partial charge in [0.2, 0.25) is 5.91 Å². The third-order valence-corrected chi connectivity index (χ3v) is 4.82. The van der Waals surface area contributed by atoms with Gasteiger partial charge in [-0.05, 0) is 12.5 Å². The summed E-state index contributed by atoms with van der Waals surface area (Å²) in [5.41, 5.74) is 6.36. The van der Waals surface area contributed by atoms with Gasteiger partial charge in [-0.2, -0.15) is 0 Å². The minimum absolute atomic E-state index is 0.00712. The van der Waals surface area contributed by atoms with Crippen LogP contribution in [-0.4, -0.2) is 36.1 Å². The number of amides is 1. The lowest BCUT2D eigenvalue weighted by atomic mass is 9.54. The van der Waals surface area contributed by atoms with Crippen molar-refractivity contribution in [1.82, 2.24) is 4.90 Å². The summed E-state index contributed by atoms with van der Waals surface area (Å²) in [4.78, 5) is 14.5. The molecule has 2 atom stereocenters. The lowest BCUT2D eigenvalue weighted by Crippen LogP contribution is -2.75. The van der Waals surface area contributed by atoms with Gasteiger partial charge in [-0.15, -0.1) is 0 Å². The molecule has 0 radical (unpaired) electrons. The van der Waals surface area contributed by atoms with E-state index in [1.807, 2.05) is 58.2 Å². The average Bonchev–Trinajstić information content (AvgIpc) is 2.47. The highest BCUT2D eigenvalue weighted by Gasteiger charge is 2.63. The molecule has 4 heteroatoms. The zero-order chi connectivity index (χ0) is 15.7. The van der Waals surface area contributed by atoms with Crippen LogP contribution in [0.3, 0.4) is 0 Å². The number of likely N-dealkylation sites (N-methyl/N-ethyl adjacent to an activating group) is 1. The molecular weight excluding hydrogens is 264 g/mol. The Hall–Kier alpha value is -1.39. The number of ether oxygens (including phenoxy) is 1. The number of nitrogens with zero attached hydrogens (tertiary/aromatic N) is 1. The Balaban J connectivity index is 2.06. The summed E-state index contributed by atoms with van der Waals surface area (Å²) in [6.07, 6.45) is 0.646. The van der Waals surface area contributed by atoms with Gasteiger partial charge < -0.3 is 15.4 Å². The van der Waals surface area contributed by atoms with E-state index in [0.29, 0.717) is 19.6 Å². The van der Waals surface area contributed by atoms with Gasteiger partial charge in [0, 0.05) is 32.0 Å². The molecule has 1 saturated carbocycles. The molecule has 0 aliphatic heterocycles. The van der Waals surface area contributed by atoms with Crippen LogP contribution < -0.4 is 5.73 Å². The number of benzene rings is 1. The van der Waals surface area contributed by atoms with Crippen molar-refractivity contribution in [3.05, 3.63) is 35.9 Å². The summed E-state index contributed by atoms with van der Waals surface area (Å²) in [5.74, 6) is -0.00712. The number of hydrogen-bond donors (Lipinski definition) is 1. The Kier molecular flexibility index (Phi) is 4.40. The standard InChI is InChI=1S/C17H26N2O2/c1-5-21-14-11-17(18,16(14,2)3)15(20)19(4)12-13-9-7-6-8-10-13/h6-10,14H,5,11-12,18H2,1-4H3. The van der Waals surface area contributed by atoms with Crippen LogP contribution in [0.2, 0.25) is 0 Å². The van der Waals surface area contributed by atoms with Gasteiger partial charge in [0.25, 0.3) is 0 Å². The summed E-state index contributed by atoms with van der Waals surface area (Å²) < 4.78 is 5.69. The van der Waals surface area contributed by atoms with Crippen molar-refractivity contribution in [2.75, 3.05) is 13.7 Å². The molecular formula is C17H26N2O2. The zero-order valence-corrected chi connectivity index (χ0v) is 13.4. The number of hydrogen-bond acceptors (Lipinski definition) is 3. The predicted octanol–water partition coefficient (Wildman–Crippen LogP) is 2.18. The Bertz CT molecular complexity index is 501. The fraction of sp³-hybridized carbons (Fsp3) is 0.588. The van der Waals surface area contributed by atoms with Crippen LogP contribution >= 0.6 is 0 Å². The molecule has 0 aromatic heterocycles. The highest BCUT2D eigenvalue weighted by atomic mass is 16.5. The minimum atomic E-state index is -0.837. The van der Waals surface area contributed by atoms with Crippen LogP contribution in [0.25, 0.3) is 0 Å². The molecule has 1 fully saturated rings. The average molecular weight is 290 g/mol. The fourth-order valence-corrected chi connectivity index (χ4v) is 3.07. The maximum Gasteiger partial charge on any atom is 0.243 e. The quantitative estimate of drug-likeness (QED) is 0.904. The van der Waals surface area contributed by atoms with E-state index >= 15 is 0 Å². The predicted molar refractivity (Wildman–Crippen MR) is 83.6 cm³/mol. The first kappa shape index (κ1) is 16.0. The highest BCUT2D eigenvalue weighted by Crippen LogP contribution is 2.50. The first-order chi connectivity index (χ1) is 9.83. The highest BCUT2D eigenvalue weighted by molar-refractivity contribution is 5.88. The van der Waals surface area contributed by atoms with Crippen molar-refractivity contribution in [1.29, 1.82) is 0 Å². The number of carbonyl (C=O) groups is 1. The third-order valence-electron chi connectivity index (χ3n) is 4.82. The van der Waals surface area contributed by atoms with Gasteiger partial charge in [0.15, 0.2) is 0 Å². The second-order valence-corrected chi connectivity index (χ2v) is 6.49. The van der Waals surface area contributed by atoms with Crippen LogP contribution in [0.5, 0.6) is 0 Å². The molecule has 2 unspecified atom stereocenters. The molecule has 1 amide bonds. The van der Waals surface area contributed by atoms with E-state index in [-0.39, 0.29) is 17.4 Å². The Morgan fingerprint density at radius 2 is 2.00 bits per heavy atom. The van der Waals surface area contributed by atoms with Crippen LogP contribution in [0.4, 0.5) is 0 Å². The van der Waals surface area contributed by atoms with Gasteiger partial charge in [-0.1, -0.05) is 44.2 Å². The molecule has 4 nitrogen and oxygen atoms in total. The number of rotatable bonds is 5. The molecule has 1 aliphatic carbocycles. The van der Waals surface area contributed by atoms with E-state index in [1.54, 1.807) is 4.90 Å². The van der Waals surface area contributed by atoms with Gasteiger partial charge in [-0.3, -0.25) is 4.79 Å². The Labute approximate surface area is 127 Å². The van der Waals surface area contributed by atoms with Crippen molar-refractivity contribution in [2.24, 2.45) is 11.1 Å². The molecule has 1 aliphatic rings. The second kappa shape index (κ2) is 5.78. The lowest BCUT2D eigenvalue weighted by molar-refractivity contribution is -0.178. The molecule has 0 saturated heterocycles. The largest absolute Gasteiger partial charge is 0.378 e. The van der Waals surface area contributed by atoms with E-state index in [4.69, 9.17) is 10.5 Å². The summed E-state index contributed by atoms with van der Waals surface area (Å²) in [7, 11) is 1.81. The van der Waals surface area contributed by atoms with Crippen molar-refractivity contribution < 1.29 is 9.53 Å². The Morgan fingerprint density at radius 1 is 1.38 bits per heavy atom. The van der Waals surface area contributed by atoms with Gasteiger partial charge in [0.05, 0.1) is 6.10 Å². The van der Waals surface area contributed by atoms with Gasteiger partial charge >= 0.3 is 0 Å². The van der Waals surface area contributed by atoms with E-state index in [9.17, 15) is 4.79 Å². The van der Waals surface area contributed by atoms with Gasteiger partial charge in [0.1, 0.15) is 5.54 Å². The molecule has 0 bridgehead atoms. The van der Waals surface area contributed by atoms with Crippen molar-refractivity contribution in [3.63, 3.8) is 0 Å². The zero-order valence-electron chi connectivity index (χ0n) is 13.4. The van der Waals surface area contributed by atoms with Crippen LogP contribution in [0.15, 0.2) is 30.3 Å². The number of carbonyl (C=O) groups excluding carboxylic acids is 1. The van der Waals surface area contributed by atoms with Crippen LogP contribution in [0.1, 0.15) is 32.8 Å². The maximum atomic E-state index is 12.8. The third kappa shape index (κ3) is 2.70. The number of nitrogens with two attached hydrogens (primary N) is 1. The maximum absolute atomic E-state index is 12.8. The van der Waals surface area contributed by atoms with E-state index in [2.05, 4.69) is 0 Å². The topological polar surface area (TPSA) is 55.6 Å². The van der Waals surface area contributed by atoms with E-state index in [0.717, 1.165) is 5.56 Å². The van der Waals surface area contributed by atoms with Crippen LogP contribution in [-0.2, 0) is 16.1 Å². The summed E-state index contributed by atoms with van der Waals surface area (Å²) >= 11 is 0. The Morgan fingerprint density at radius 3 is 2.52 bits per heavy atom. The summed E-state index contributed by atoms with van der Waals surface area (Å²) in [6, 6.07) is 9.95. The second-order valence-electron chi connectivity index (χ2n) is 6.49. The molecule has 1 aromatic rings. The van der Waals surface area contributed by atoms with Gasteiger partial charge in [-0.25, -0.2) is 0 Å². The summed E-state index contributed by atoms with van der Waals surface area (Å²) in [6.45, 7) is 7.23. The molecule has 21 heavy (non-hydrogen) atoms. The van der Waals surface area contributed by atoms with E-state index < -0.39 is 5.54 Å². The molecule has 2 N–H and O–H groups in total. The van der Waals surface area contributed by atoms with Crippen LogP contribution in [0, 0.1) is 5.41 Å². The molecule has 0 heterocycles. The molecule has 116 valence electrons. The molecule has 1 aromatic carbocycles. The minimum Gasteiger partial charge on any atom is -0.378 e. The molecule has 2 rings (SSSR count). The van der Waals surface area contributed by atoms with Crippen molar-refractivity contribution >= 4 is 5.91 Å². The smallest absolute Gasteiger partial charge is 0.243 e. The van der Waals surface area contributed by atoms with E-state index in [1.165, 1.54) is 0 Å². The monoisotopic (exact) mass is 290 g/mol. The first-order valence-corrected chi connectivity index (χ1v) is 7.53. The normalized spacial score (nSPS) is 27.0.